The van der Waals surface area contributed by atoms with Crippen molar-refractivity contribution in [3.05, 3.63) is 66.7 Å². The van der Waals surface area contributed by atoms with Crippen LogP contribution in [0.1, 0.15) is 70.6 Å². The number of amides is 4. The zero-order valence-electron chi connectivity index (χ0n) is 33.5. The number of fused-ring (bicyclic) bond motifs is 3. The van der Waals surface area contributed by atoms with Crippen molar-refractivity contribution in [2.75, 3.05) is 33.3 Å². The molecule has 0 unspecified atom stereocenters. The van der Waals surface area contributed by atoms with Gasteiger partial charge in [0.1, 0.15) is 29.2 Å². The highest BCUT2D eigenvalue weighted by Gasteiger charge is 2.62. The van der Waals surface area contributed by atoms with Crippen molar-refractivity contribution in [2.45, 2.75) is 93.6 Å². The number of ether oxygens (including phenoxy) is 2. The number of benzene rings is 2. The molecule has 4 fully saturated rings. The summed E-state index contributed by atoms with van der Waals surface area (Å²) in [5, 5.41) is 3.05. The number of carbonyl (C=O) groups is 4. The quantitative estimate of drug-likeness (QED) is 0.251. The number of carbonyl (C=O) groups excluding carboxylic acids is 4. The molecule has 4 amide bonds. The highest BCUT2D eigenvalue weighted by Crippen LogP contribution is 2.46. The van der Waals surface area contributed by atoms with Crippen molar-refractivity contribution in [1.82, 2.24) is 24.8 Å². The second-order valence-corrected chi connectivity index (χ2v) is 18.8. The van der Waals surface area contributed by atoms with E-state index in [1.807, 2.05) is 66.7 Å². The first-order valence-corrected chi connectivity index (χ1v) is 22.6. The zero-order valence-corrected chi connectivity index (χ0v) is 34.3. The fourth-order valence-electron chi connectivity index (χ4n) is 8.91. The van der Waals surface area contributed by atoms with E-state index in [1.54, 1.807) is 12.0 Å². The number of nitrogens with one attached hydrogen (secondary N) is 2. The Balaban J connectivity index is 1.12. The molecule has 4 heterocycles. The van der Waals surface area contributed by atoms with Crippen molar-refractivity contribution in [3.8, 4) is 22.8 Å². The Hall–Kier alpha value is -5.02. The van der Waals surface area contributed by atoms with Gasteiger partial charge in [0.15, 0.2) is 0 Å². The van der Waals surface area contributed by atoms with Gasteiger partial charge in [-0.25, -0.2) is 13.4 Å². The van der Waals surface area contributed by atoms with Crippen LogP contribution in [0, 0.1) is 17.8 Å². The van der Waals surface area contributed by atoms with E-state index in [4.69, 9.17) is 20.2 Å². The number of nitrogens with zero attached hydrogens (tertiary/aromatic N) is 3. The second kappa shape index (κ2) is 16.9. The monoisotopic (exact) mass is 826 g/mol. The van der Waals surface area contributed by atoms with Crippen LogP contribution in [0.2, 0.25) is 0 Å². The summed E-state index contributed by atoms with van der Waals surface area (Å²) in [5.74, 6) is -1.48. The Morgan fingerprint density at radius 1 is 1.02 bits per heavy atom. The van der Waals surface area contributed by atoms with Gasteiger partial charge in [0.25, 0.3) is 5.91 Å². The molecule has 59 heavy (non-hydrogen) atoms. The van der Waals surface area contributed by atoms with Crippen LogP contribution in [-0.2, 0) is 29.2 Å². The van der Waals surface area contributed by atoms with E-state index >= 15 is 0 Å². The highest BCUT2D eigenvalue weighted by molar-refractivity contribution is 7.91. The zero-order chi connectivity index (χ0) is 41.3. The Morgan fingerprint density at radius 3 is 2.58 bits per heavy atom. The van der Waals surface area contributed by atoms with Crippen LogP contribution in [0.15, 0.2) is 66.7 Å². The smallest absolute Gasteiger partial charge is 0.259 e. The molecule has 314 valence electrons. The maximum atomic E-state index is 14.9. The number of hydrogen-bond donors (Lipinski definition) is 3. The first-order valence-electron chi connectivity index (χ1n) is 21.0. The van der Waals surface area contributed by atoms with E-state index in [0.717, 1.165) is 43.1 Å². The summed E-state index contributed by atoms with van der Waals surface area (Å²) < 4.78 is 40.4. The van der Waals surface area contributed by atoms with Crippen LogP contribution < -0.4 is 25.2 Å². The van der Waals surface area contributed by atoms with Gasteiger partial charge < -0.3 is 30.3 Å². The minimum absolute atomic E-state index is 0.0110. The largest absolute Gasteiger partial charge is 0.497 e. The van der Waals surface area contributed by atoms with Crippen LogP contribution in [-0.4, -0.2) is 103 Å². The summed E-state index contributed by atoms with van der Waals surface area (Å²) >= 11 is 0. The van der Waals surface area contributed by atoms with E-state index < -0.39 is 56.6 Å². The van der Waals surface area contributed by atoms with Crippen molar-refractivity contribution in [1.29, 1.82) is 0 Å². The number of likely N-dealkylation sites (tertiary alicyclic amines) is 1. The molecule has 3 aromatic rings. The van der Waals surface area contributed by atoms with E-state index in [1.165, 1.54) is 4.90 Å². The molecule has 0 spiro atoms. The topological polar surface area (TPSA) is 190 Å². The fourth-order valence-corrected chi connectivity index (χ4v) is 10.3. The van der Waals surface area contributed by atoms with E-state index in [0.29, 0.717) is 61.6 Å². The lowest BCUT2D eigenvalue weighted by molar-refractivity contribution is -0.145. The molecule has 6 atom stereocenters. The van der Waals surface area contributed by atoms with E-state index in [2.05, 4.69) is 10.0 Å². The average molecular weight is 827 g/mol. The molecule has 15 heteroatoms. The van der Waals surface area contributed by atoms with E-state index in [9.17, 15) is 27.6 Å². The summed E-state index contributed by atoms with van der Waals surface area (Å²) in [4.78, 5) is 65.4. The van der Waals surface area contributed by atoms with E-state index in [-0.39, 0.29) is 43.5 Å². The second-order valence-electron chi connectivity index (χ2n) is 16.9. The highest BCUT2D eigenvalue weighted by atomic mass is 32.2. The lowest BCUT2D eigenvalue weighted by atomic mass is 9.94. The van der Waals surface area contributed by atoms with Crippen LogP contribution >= 0.6 is 0 Å². The Labute approximate surface area is 345 Å². The minimum atomic E-state index is -3.89. The molecule has 2 saturated carbocycles. The molecule has 2 aromatic carbocycles. The van der Waals surface area contributed by atoms with Crippen LogP contribution in [0.4, 0.5) is 0 Å². The standard InChI is InChI=1S/C44H54N6O8S/c1-57-32-14-17-35-37(21-32)46-36(29-10-7-5-8-11-29)23-39(35)58-33-22-38-41(52)47-44(43(54)48-59(55,56)34-15-16-34)24-31(44)13-9-4-2-3-6-12-30(42(53)50(38)27-33)20-40(51)49-19-18-28(25-45)26-49/h5,7-11,13-14,17,21,23,28,30-31,33-34,38H,2-4,6,12,15-16,18-20,22,24-27,45H2,1H3,(H,47,52)(H,48,54)/b13-9-/t28-,30+,31+,33+,38-,44+/m0/s1. The number of allylic oxidation sites excluding steroid dienone is 1. The van der Waals surface area contributed by atoms with Crippen molar-refractivity contribution < 1.29 is 37.1 Å². The molecule has 2 saturated heterocycles. The third kappa shape index (κ3) is 8.82. The molecule has 3 aliphatic heterocycles. The summed E-state index contributed by atoms with van der Waals surface area (Å²) in [6.45, 7) is 1.70. The number of rotatable bonds is 10. The Kier molecular flexibility index (Phi) is 11.7. The van der Waals surface area contributed by atoms with Gasteiger partial charge in [-0.15, -0.1) is 0 Å². The maximum absolute atomic E-state index is 14.9. The summed E-state index contributed by atoms with van der Waals surface area (Å²) in [6.07, 6.45) is 8.93. The van der Waals surface area contributed by atoms with Crippen LogP contribution in [0.3, 0.4) is 0 Å². The normalized spacial score (nSPS) is 28.1. The lowest BCUT2D eigenvalue weighted by Crippen LogP contribution is -2.57. The maximum Gasteiger partial charge on any atom is 0.259 e. The lowest BCUT2D eigenvalue weighted by Gasteiger charge is -2.30. The van der Waals surface area contributed by atoms with Gasteiger partial charge in [-0.1, -0.05) is 55.3 Å². The molecular formula is C44H54N6O8S. The first-order chi connectivity index (χ1) is 28.5. The number of hydrogen-bond acceptors (Lipinski definition) is 10. The van der Waals surface area contributed by atoms with Gasteiger partial charge in [-0.2, -0.15) is 0 Å². The molecular weight excluding hydrogens is 773 g/mol. The average Bonchev–Trinajstić information content (AvgIpc) is 4.12. The van der Waals surface area contributed by atoms with Crippen molar-refractivity contribution in [3.63, 3.8) is 0 Å². The number of aromatic nitrogens is 1. The molecule has 14 nitrogen and oxygen atoms in total. The number of nitrogens with two attached hydrogens (primary N) is 1. The summed E-state index contributed by atoms with van der Waals surface area (Å²) in [5.41, 5.74) is 6.62. The van der Waals surface area contributed by atoms with Crippen LogP contribution in [0.5, 0.6) is 11.5 Å². The fraction of sp³-hybridized carbons (Fsp3) is 0.523. The van der Waals surface area contributed by atoms with Gasteiger partial charge in [-0.05, 0) is 69.5 Å². The van der Waals surface area contributed by atoms with Gasteiger partial charge in [0.2, 0.25) is 27.7 Å². The van der Waals surface area contributed by atoms with Gasteiger partial charge >= 0.3 is 0 Å². The first kappa shape index (κ1) is 40.7. The molecule has 1 aromatic heterocycles. The summed E-state index contributed by atoms with van der Waals surface area (Å²) in [6, 6.07) is 16.0. The molecule has 4 N–H and O–H groups in total. The van der Waals surface area contributed by atoms with Crippen molar-refractivity contribution in [2.24, 2.45) is 23.5 Å². The third-order valence-electron chi connectivity index (χ3n) is 12.7. The summed E-state index contributed by atoms with van der Waals surface area (Å²) in [7, 11) is -2.31. The molecule has 0 bridgehead atoms. The SMILES string of the molecule is COc1ccc2c(O[C@@H]3C[C@H]4C(=O)N[C@]5(C(=O)NS(=O)(=O)C6CC6)C[C@H]5/C=C\CCCCC[C@H](CC(=O)N5CC[C@@H](CN)C5)C(=O)N4C3)cc(-c3ccccc3)nc2c1. The molecule has 8 rings (SSSR count). The van der Waals surface area contributed by atoms with Crippen LogP contribution in [0.25, 0.3) is 22.2 Å². The molecule has 5 aliphatic rings. The minimum Gasteiger partial charge on any atom is -0.497 e. The Morgan fingerprint density at radius 2 is 1.83 bits per heavy atom. The van der Waals surface area contributed by atoms with Gasteiger partial charge in [0, 0.05) is 60.8 Å². The Bertz CT molecular complexity index is 2230. The van der Waals surface area contributed by atoms with Gasteiger partial charge in [-0.3, -0.25) is 23.9 Å². The van der Waals surface area contributed by atoms with Crippen molar-refractivity contribution >= 4 is 44.6 Å². The predicted molar refractivity (Wildman–Crippen MR) is 221 cm³/mol. The third-order valence-corrected chi connectivity index (χ3v) is 14.5. The van der Waals surface area contributed by atoms with Gasteiger partial charge in [0.05, 0.1) is 30.1 Å². The number of methoxy groups -OCH3 is 1. The number of pyridine rings is 1. The number of sulfonamides is 1. The molecule has 0 radical (unpaired) electrons. The predicted octanol–water partition coefficient (Wildman–Crippen LogP) is 4.08. The molecule has 2 aliphatic carbocycles.